The lowest BCUT2D eigenvalue weighted by Gasteiger charge is -2.09. The molecule has 3 N–H and O–H groups in total. The quantitative estimate of drug-likeness (QED) is 0.898. The van der Waals surface area contributed by atoms with Gasteiger partial charge in [0.2, 0.25) is 0 Å². The standard InChI is InChI=1S/C15H18N4O/c1-9(2)11-4-6-12(7-5-11)19-15(20)13-8-17-10(3)18-14(13)16/h4-9H,1-3H3,(H,19,20)(H2,16,17,18). The Kier molecular flexibility index (Phi) is 3.98. The normalized spacial score (nSPS) is 10.6. The summed E-state index contributed by atoms with van der Waals surface area (Å²) in [5, 5.41) is 2.79. The Morgan fingerprint density at radius 3 is 2.45 bits per heavy atom. The maximum absolute atomic E-state index is 12.1. The molecule has 2 rings (SSSR count). The van der Waals surface area contributed by atoms with E-state index in [2.05, 4.69) is 29.1 Å². The number of aromatic nitrogens is 2. The predicted molar refractivity (Wildman–Crippen MR) is 79.7 cm³/mol. The van der Waals surface area contributed by atoms with Gasteiger partial charge in [0.1, 0.15) is 17.2 Å². The van der Waals surface area contributed by atoms with E-state index in [-0.39, 0.29) is 17.3 Å². The molecule has 1 aromatic carbocycles. The number of nitrogens with two attached hydrogens (primary N) is 1. The third-order valence-corrected chi connectivity index (χ3v) is 3.02. The van der Waals surface area contributed by atoms with Crippen molar-refractivity contribution >= 4 is 17.4 Å². The summed E-state index contributed by atoms with van der Waals surface area (Å²) >= 11 is 0. The molecule has 5 heteroatoms. The fourth-order valence-electron chi connectivity index (χ4n) is 1.81. The van der Waals surface area contributed by atoms with Crippen molar-refractivity contribution < 1.29 is 4.79 Å². The van der Waals surface area contributed by atoms with Crippen LogP contribution in [0.3, 0.4) is 0 Å². The summed E-state index contributed by atoms with van der Waals surface area (Å²) in [4.78, 5) is 20.1. The summed E-state index contributed by atoms with van der Waals surface area (Å²) in [6, 6.07) is 7.74. The number of hydrogen-bond acceptors (Lipinski definition) is 4. The van der Waals surface area contributed by atoms with E-state index in [1.807, 2.05) is 24.3 Å². The van der Waals surface area contributed by atoms with Gasteiger partial charge in [0.05, 0.1) is 0 Å². The minimum absolute atomic E-state index is 0.189. The van der Waals surface area contributed by atoms with Gasteiger partial charge in [-0.05, 0) is 30.5 Å². The minimum atomic E-state index is -0.306. The SMILES string of the molecule is Cc1ncc(C(=O)Nc2ccc(C(C)C)cc2)c(N)n1. The van der Waals surface area contributed by atoms with Crippen molar-refractivity contribution in [2.24, 2.45) is 0 Å². The zero-order chi connectivity index (χ0) is 14.7. The van der Waals surface area contributed by atoms with Gasteiger partial charge in [-0.2, -0.15) is 0 Å². The summed E-state index contributed by atoms with van der Waals surface area (Å²) in [6.45, 7) is 5.97. The van der Waals surface area contributed by atoms with Crippen molar-refractivity contribution in [2.45, 2.75) is 26.7 Å². The van der Waals surface area contributed by atoms with Crippen molar-refractivity contribution in [3.8, 4) is 0 Å². The van der Waals surface area contributed by atoms with Crippen LogP contribution in [0.5, 0.6) is 0 Å². The fraction of sp³-hybridized carbons (Fsp3) is 0.267. The molecular weight excluding hydrogens is 252 g/mol. The molecular formula is C15H18N4O. The van der Waals surface area contributed by atoms with Crippen LogP contribution in [0.1, 0.15) is 41.5 Å². The van der Waals surface area contributed by atoms with Crippen LogP contribution in [0.25, 0.3) is 0 Å². The van der Waals surface area contributed by atoms with Crippen LogP contribution in [0.2, 0.25) is 0 Å². The maximum Gasteiger partial charge on any atom is 0.260 e. The Morgan fingerprint density at radius 2 is 1.90 bits per heavy atom. The molecule has 2 aromatic rings. The fourth-order valence-corrected chi connectivity index (χ4v) is 1.81. The highest BCUT2D eigenvalue weighted by molar-refractivity contribution is 6.06. The lowest BCUT2D eigenvalue weighted by atomic mass is 10.0. The first-order chi connectivity index (χ1) is 9.47. The Balaban J connectivity index is 2.15. The number of anilines is 2. The molecule has 104 valence electrons. The van der Waals surface area contributed by atoms with Crippen molar-refractivity contribution in [3.05, 3.63) is 47.4 Å². The molecule has 1 aromatic heterocycles. The van der Waals surface area contributed by atoms with E-state index in [9.17, 15) is 4.79 Å². The Bertz CT molecular complexity index is 620. The average molecular weight is 270 g/mol. The molecule has 0 aliphatic rings. The van der Waals surface area contributed by atoms with Gasteiger partial charge >= 0.3 is 0 Å². The van der Waals surface area contributed by atoms with E-state index in [1.165, 1.54) is 11.8 Å². The number of amides is 1. The van der Waals surface area contributed by atoms with Crippen LogP contribution >= 0.6 is 0 Å². The number of carbonyl (C=O) groups excluding carboxylic acids is 1. The molecule has 0 radical (unpaired) electrons. The smallest absolute Gasteiger partial charge is 0.260 e. The summed E-state index contributed by atoms with van der Waals surface area (Å²) in [6.07, 6.45) is 1.44. The number of benzene rings is 1. The van der Waals surface area contributed by atoms with Crippen LogP contribution in [-0.4, -0.2) is 15.9 Å². The summed E-state index contributed by atoms with van der Waals surface area (Å²) < 4.78 is 0. The number of aryl methyl sites for hydroxylation is 1. The Morgan fingerprint density at radius 1 is 1.25 bits per heavy atom. The van der Waals surface area contributed by atoms with Crippen LogP contribution in [-0.2, 0) is 0 Å². The molecule has 0 fully saturated rings. The average Bonchev–Trinajstić information content (AvgIpc) is 2.39. The molecule has 0 atom stereocenters. The lowest BCUT2D eigenvalue weighted by molar-refractivity contribution is 0.102. The third-order valence-electron chi connectivity index (χ3n) is 3.02. The van der Waals surface area contributed by atoms with Gasteiger partial charge in [0.15, 0.2) is 0 Å². The van der Waals surface area contributed by atoms with Gasteiger partial charge in [-0.25, -0.2) is 9.97 Å². The second-order valence-electron chi connectivity index (χ2n) is 4.95. The van der Waals surface area contributed by atoms with Crippen molar-refractivity contribution in [1.29, 1.82) is 0 Å². The molecule has 0 saturated carbocycles. The van der Waals surface area contributed by atoms with Crippen LogP contribution in [0, 0.1) is 6.92 Å². The van der Waals surface area contributed by atoms with Crippen molar-refractivity contribution in [1.82, 2.24) is 9.97 Å². The molecule has 0 unspecified atom stereocenters. The molecule has 0 spiro atoms. The Hall–Kier alpha value is -2.43. The highest BCUT2D eigenvalue weighted by Crippen LogP contribution is 2.18. The molecule has 0 saturated heterocycles. The first kappa shape index (κ1) is 14.0. The zero-order valence-electron chi connectivity index (χ0n) is 11.8. The molecule has 20 heavy (non-hydrogen) atoms. The zero-order valence-corrected chi connectivity index (χ0v) is 11.8. The third kappa shape index (κ3) is 3.12. The Labute approximate surface area is 118 Å². The van der Waals surface area contributed by atoms with Crippen LogP contribution in [0.4, 0.5) is 11.5 Å². The summed E-state index contributed by atoms with van der Waals surface area (Å²) in [5.74, 6) is 0.884. The van der Waals surface area contributed by atoms with Crippen LogP contribution in [0.15, 0.2) is 30.5 Å². The topological polar surface area (TPSA) is 80.9 Å². The van der Waals surface area contributed by atoms with Gasteiger partial charge in [0.25, 0.3) is 5.91 Å². The van der Waals surface area contributed by atoms with Gasteiger partial charge in [-0.3, -0.25) is 4.79 Å². The first-order valence-electron chi connectivity index (χ1n) is 6.48. The number of nitrogen functional groups attached to an aromatic ring is 1. The van der Waals surface area contributed by atoms with E-state index < -0.39 is 0 Å². The highest BCUT2D eigenvalue weighted by Gasteiger charge is 2.12. The second kappa shape index (κ2) is 5.69. The number of nitrogens with one attached hydrogen (secondary N) is 1. The monoisotopic (exact) mass is 270 g/mol. The minimum Gasteiger partial charge on any atom is -0.383 e. The first-order valence-corrected chi connectivity index (χ1v) is 6.48. The van der Waals surface area contributed by atoms with Gasteiger partial charge < -0.3 is 11.1 Å². The number of nitrogens with zero attached hydrogens (tertiary/aromatic N) is 2. The van der Waals surface area contributed by atoms with Gasteiger partial charge in [0, 0.05) is 11.9 Å². The maximum atomic E-state index is 12.1. The molecule has 1 amide bonds. The van der Waals surface area contributed by atoms with Gasteiger partial charge in [-0.1, -0.05) is 26.0 Å². The van der Waals surface area contributed by atoms with E-state index >= 15 is 0 Å². The number of rotatable bonds is 3. The van der Waals surface area contributed by atoms with Crippen LogP contribution < -0.4 is 11.1 Å². The highest BCUT2D eigenvalue weighted by atomic mass is 16.1. The molecule has 5 nitrogen and oxygen atoms in total. The van der Waals surface area contributed by atoms with Crippen molar-refractivity contribution in [2.75, 3.05) is 11.1 Å². The molecule has 1 heterocycles. The largest absolute Gasteiger partial charge is 0.383 e. The van der Waals surface area contributed by atoms with E-state index in [0.717, 1.165) is 5.69 Å². The molecule has 0 aliphatic carbocycles. The second-order valence-corrected chi connectivity index (χ2v) is 4.95. The van der Waals surface area contributed by atoms with E-state index in [1.54, 1.807) is 6.92 Å². The lowest BCUT2D eigenvalue weighted by Crippen LogP contribution is -2.15. The summed E-state index contributed by atoms with van der Waals surface area (Å²) in [5.41, 5.74) is 7.95. The van der Waals surface area contributed by atoms with E-state index in [4.69, 9.17) is 5.73 Å². The molecule has 0 bridgehead atoms. The predicted octanol–water partition coefficient (Wildman–Crippen LogP) is 2.74. The molecule has 0 aliphatic heterocycles. The van der Waals surface area contributed by atoms with E-state index in [0.29, 0.717) is 11.7 Å². The number of carbonyl (C=O) groups is 1. The number of hydrogen-bond donors (Lipinski definition) is 2. The van der Waals surface area contributed by atoms with Gasteiger partial charge in [-0.15, -0.1) is 0 Å². The van der Waals surface area contributed by atoms with Crippen molar-refractivity contribution in [3.63, 3.8) is 0 Å². The summed E-state index contributed by atoms with van der Waals surface area (Å²) in [7, 11) is 0.